The second-order valence-corrected chi connectivity index (χ2v) is 11.6. The second-order valence-electron chi connectivity index (χ2n) is 9.24. The molecule has 1 amide bonds. The molecule has 6 nitrogen and oxygen atoms in total. The van der Waals surface area contributed by atoms with E-state index in [2.05, 4.69) is 24.1 Å². The van der Waals surface area contributed by atoms with Gasteiger partial charge >= 0.3 is 0 Å². The van der Waals surface area contributed by atoms with E-state index >= 15 is 0 Å². The number of hydrogen-bond acceptors (Lipinski definition) is 4. The van der Waals surface area contributed by atoms with Crippen LogP contribution in [-0.4, -0.2) is 62.8 Å². The van der Waals surface area contributed by atoms with E-state index < -0.39 is 10.0 Å². The average Bonchev–Trinajstić information content (AvgIpc) is 2.75. The molecule has 2 aliphatic heterocycles. The van der Waals surface area contributed by atoms with Crippen molar-refractivity contribution in [3.05, 3.63) is 28.8 Å². The Bertz CT molecular complexity index is 854. The molecule has 8 heteroatoms. The number of amides is 1. The van der Waals surface area contributed by atoms with E-state index in [1.807, 2.05) is 0 Å². The van der Waals surface area contributed by atoms with Crippen molar-refractivity contribution in [1.29, 1.82) is 0 Å². The van der Waals surface area contributed by atoms with Crippen molar-refractivity contribution in [2.24, 2.45) is 11.8 Å². The first-order chi connectivity index (χ1) is 14.8. The number of nitrogens with zero attached hydrogens (tertiary/aromatic N) is 2. The van der Waals surface area contributed by atoms with E-state index in [1.54, 1.807) is 6.07 Å². The molecule has 0 radical (unpaired) electrons. The Balaban J connectivity index is 1.52. The topological polar surface area (TPSA) is 69.7 Å². The molecule has 0 aromatic heterocycles. The summed E-state index contributed by atoms with van der Waals surface area (Å²) in [5.74, 6) is 0.899. The van der Waals surface area contributed by atoms with Gasteiger partial charge in [0.25, 0.3) is 5.91 Å². The Hall–Kier alpha value is -1.15. The highest BCUT2D eigenvalue weighted by atomic mass is 35.5. The Kier molecular flexibility index (Phi) is 8.79. The van der Waals surface area contributed by atoms with Crippen LogP contribution in [0.5, 0.6) is 0 Å². The van der Waals surface area contributed by atoms with Gasteiger partial charge in [-0.3, -0.25) is 4.79 Å². The van der Waals surface area contributed by atoms with Crippen LogP contribution in [0.15, 0.2) is 23.1 Å². The van der Waals surface area contributed by atoms with Crippen molar-refractivity contribution >= 4 is 27.5 Å². The Morgan fingerprint density at radius 2 is 1.84 bits per heavy atom. The third-order valence-electron chi connectivity index (χ3n) is 6.49. The van der Waals surface area contributed by atoms with Crippen LogP contribution in [0.2, 0.25) is 5.02 Å². The number of likely N-dealkylation sites (tertiary alicyclic amines) is 1. The molecule has 3 rings (SSSR count). The van der Waals surface area contributed by atoms with Crippen LogP contribution >= 0.6 is 11.6 Å². The largest absolute Gasteiger partial charge is 0.352 e. The van der Waals surface area contributed by atoms with Crippen LogP contribution in [0, 0.1) is 11.8 Å². The minimum absolute atomic E-state index is 0.0234. The third kappa shape index (κ3) is 6.67. The van der Waals surface area contributed by atoms with Crippen LogP contribution < -0.4 is 5.32 Å². The third-order valence-corrected chi connectivity index (χ3v) is 8.84. The zero-order valence-corrected chi connectivity index (χ0v) is 20.3. The molecule has 0 aliphatic carbocycles. The number of carbonyl (C=O) groups is 1. The maximum Gasteiger partial charge on any atom is 0.251 e. The summed E-state index contributed by atoms with van der Waals surface area (Å²) in [6, 6.07) is 4.51. The van der Waals surface area contributed by atoms with Crippen molar-refractivity contribution in [2.45, 2.75) is 57.3 Å². The molecule has 1 N–H and O–H groups in total. The summed E-state index contributed by atoms with van der Waals surface area (Å²) in [7, 11) is -3.71. The highest BCUT2D eigenvalue weighted by Gasteiger charge is 2.30. The Morgan fingerprint density at radius 1 is 1.10 bits per heavy atom. The molecule has 2 aliphatic rings. The van der Waals surface area contributed by atoms with Gasteiger partial charge in [0.15, 0.2) is 0 Å². The Labute approximate surface area is 192 Å². The fraction of sp³-hybridized carbons (Fsp3) is 0.696. The first-order valence-electron chi connectivity index (χ1n) is 11.6. The first-order valence-corrected chi connectivity index (χ1v) is 13.4. The zero-order chi connectivity index (χ0) is 22.4. The summed E-state index contributed by atoms with van der Waals surface area (Å²) in [5.41, 5.74) is 0.332. The lowest BCUT2D eigenvalue weighted by Gasteiger charge is -2.30. The van der Waals surface area contributed by atoms with E-state index in [-0.39, 0.29) is 15.8 Å². The zero-order valence-electron chi connectivity index (χ0n) is 18.8. The summed E-state index contributed by atoms with van der Waals surface area (Å²) in [6.07, 6.45) is 6.36. The number of nitrogens with one attached hydrogen (secondary N) is 1. The van der Waals surface area contributed by atoms with Gasteiger partial charge in [0.05, 0.1) is 5.02 Å². The number of carbonyl (C=O) groups excluding carboxylic acids is 1. The molecule has 1 unspecified atom stereocenters. The maximum absolute atomic E-state index is 13.1. The highest BCUT2D eigenvalue weighted by Crippen LogP contribution is 2.29. The summed E-state index contributed by atoms with van der Waals surface area (Å²) < 4.78 is 27.7. The molecular weight excluding hydrogens is 434 g/mol. The fourth-order valence-electron chi connectivity index (χ4n) is 4.40. The van der Waals surface area contributed by atoms with Gasteiger partial charge in [-0.25, -0.2) is 8.42 Å². The quantitative estimate of drug-likeness (QED) is 0.584. The van der Waals surface area contributed by atoms with E-state index in [0.29, 0.717) is 31.1 Å². The maximum atomic E-state index is 13.1. The van der Waals surface area contributed by atoms with Gasteiger partial charge in [-0.05, 0) is 88.2 Å². The predicted molar refractivity (Wildman–Crippen MR) is 125 cm³/mol. The van der Waals surface area contributed by atoms with E-state index in [9.17, 15) is 13.2 Å². The number of hydrogen-bond donors (Lipinski definition) is 1. The van der Waals surface area contributed by atoms with Gasteiger partial charge in [0.1, 0.15) is 4.90 Å². The molecule has 2 heterocycles. The van der Waals surface area contributed by atoms with Crippen molar-refractivity contribution in [1.82, 2.24) is 14.5 Å². The van der Waals surface area contributed by atoms with Crippen LogP contribution in [0.1, 0.15) is 62.7 Å². The molecular formula is C23H36ClN3O3S. The lowest BCUT2D eigenvalue weighted by Crippen LogP contribution is -2.39. The average molecular weight is 470 g/mol. The van der Waals surface area contributed by atoms with E-state index in [0.717, 1.165) is 38.1 Å². The Morgan fingerprint density at radius 3 is 2.55 bits per heavy atom. The second kappa shape index (κ2) is 11.1. The van der Waals surface area contributed by atoms with Crippen molar-refractivity contribution in [3.8, 4) is 0 Å². The van der Waals surface area contributed by atoms with Crippen LogP contribution in [0.3, 0.4) is 0 Å². The molecule has 1 aromatic carbocycles. The minimum Gasteiger partial charge on any atom is -0.352 e. The molecule has 0 saturated carbocycles. The van der Waals surface area contributed by atoms with Gasteiger partial charge in [-0.2, -0.15) is 4.31 Å². The molecule has 0 bridgehead atoms. The van der Waals surface area contributed by atoms with Gasteiger partial charge < -0.3 is 10.2 Å². The molecule has 2 saturated heterocycles. The lowest BCUT2D eigenvalue weighted by molar-refractivity contribution is 0.0952. The van der Waals surface area contributed by atoms with Crippen molar-refractivity contribution in [3.63, 3.8) is 0 Å². The highest BCUT2D eigenvalue weighted by molar-refractivity contribution is 7.89. The number of piperidine rings is 2. The predicted octanol–water partition coefficient (Wildman–Crippen LogP) is 4.00. The minimum atomic E-state index is -3.71. The van der Waals surface area contributed by atoms with Crippen LogP contribution in [0.4, 0.5) is 0 Å². The molecule has 31 heavy (non-hydrogen) atoms. The lowest BCUT2D eigenvalue weighted by atomic mass is 9.99. The molecule has 174 valence electrons. The SMILES string of the molecule is CC1CCN(CCCCNC(=O)c2ccc(Cl)c(S(=O)(=O)N3CCCC(C)C3)c2)CC1. The van der Waals surface area contributed by atoms with Gasteiger partial charge in [-0.15, -0.1) is 0 Å². The first kappa shape index (κ1) is 24.5. The summed E-state index contributed by atoms with van der Waals surface area (Å²) in [5, 5.41) is 3.08. The van der Waals surface area contributed by atoms with Crippen LogP contribution in [0.25, 0.3) is 0 Å². The van der Waals surface area contributed by atoms with Gasteiger partial charge in [0.2, 0.25) is 10.0 Å². The summed E-state index contributed by atoms with van der Waals surface area (Å²) in [4.78, 5) is 15.1. The molecule has 0 spiro atoms. The van der Waals surface area contributed by atoms with E-state index in [1.165, 1.54) is 42.4 Å². The van der Waals surface area contributed by atoms with Gasteiger partial charge in [-0.1, -0.05) is 25.4 Å². The van der Waals surface area contributed by atoms with Gasteiger partial charge in [0, 0.05) is 25.2 Å². The molecule has 2 fully saturated rings. The standard InChI is InChI=1S/C23H36ClN3O3S/c1-18-9-14-26(15-10-18)12-4-3-11-25-23(28)20-7-8-21(24)22(16-20)31(29,30)27-13-5-6-19(2)17-27/h7-8,16,18-19H,3-6,9-15,17H2,1-2H3,(H,25,28). The van der Waals surface area contributed by atoms with Crippen LogP contribution in [-0.2, 0) is 10.0 Å². The van der Waals surface area contributed by atoms with Crippen molar-refractivity contribution < 1.29 is 13.2 Å². The fourth-order valence-corrected chi connectivity index (χ4v) is 6.49. The van der Waals surface area contributed by atoms with E-state index in [4.69, 9.17) is 11.6 Å². The number of sulfonamides is 1. The summed E-state index contributed by atoms with van der Waals surface area (Å²) >= 11 is 6.23. The monoisotopic (exact) mass is 469 g/mol. The molecule has 1 atom stereocenters. The number of halogens is 1. The normalized spacial score (nSPS) is 21.8. The number of unbranched alkanes of at least 4 members (excludes halogenated alkanes) is 1. The summed E-state index contributed by atoms with van der Waals surface area (Å²) in [6.45, 7) is 9.35. The van der Waals surface area contributed by atoms with Crippen molar-refractivity contribution in [2.75, 3.05) is 39.3 Å². The number of rotatable bonds is 8. The smallest absolute Gasteiger partial charge is 0.251 e. The number of benzene rings is 1. The molecule has 1 aromatic rings.